The normalized spacial score (nSPS) is 42.4. The van der Waals surface area contributed by atoms with E-state index < -0.39 is 0 Å². The molecular formula is C11H19NO2. The molecular weight excluding hydrogens is 178 g/mol. The number of aliphatic hydroxyl groups is 1. The van der Waals surface area contributed by atoms with E-state index in [1.807, 2.05) is 11.8 Å². The van der Waals surface area contributed by atoms with Gasteiger partial charge in [-0.25, -0.2) is 0 Å². The Hall–Kier alpha value is -0.570. The van der Waals surface area contributed by atoms with Crippen LogP contribution in [0.2, 0.25) is 0 Å². The van der Waals surface area contributed by atoms with E-state index in [2.05, 4.69) is 6.92 Å². The molecule has 1 saturated heterocycles. The Morgan fingerprint density at radius 2 is 2.00 bits per heavy atom. The fourth-order valence-corrected chi connectivity index (χ4v) is 2.23. The number of amides is 1. The van der Waals surface area contributed by atoms with Crippen molar-refractivity contribution in [2.75, 3.05) is 13.1 Å². The van der Waals surface area contributed by atoms with Crippen molar-refractivity contribution in [2.24, 2.45) is 17.8 Å². The Balaban J connectivity index is 1.90. The molecule has 3 heteroatoms. The van der Waals surface area contributed by atoms with Crippen molar-refractivity contribution in [3.8, 4) is 0 Å². The molecule has 0 aromatic heterocycles. The summed E-state index contributed by atoms with van der Waals surface area (Å²) in [7, 11) is 0. The first-order valence-corrected chi connectivity index (χ1v) is 5.56. The number of carbonyl (C=O) groups excluding carboxylic acids is 1. The molecule has 4 unspecified atom stereocenters. The fourth-order valence-electron chi connectivity index (χ4n) is 2.23. The molecule has 1 aliphatic carbocycles. The molecule has 1 heterocycles. The highest BCUT2D eigenvalue weighted by Crippen LogP contribution is 2.39. The van der Waals surface area contributed by atoms with Gasteiger partial charge in [-0.05, 0) is 24.7 Å². The maximum Gasteiger partial charge on any atom is 0.225 e. The Labute approximate surface area is 85.1 Å². The van der Waals surface area contributed by atoms with Crippen molar-refractivity contribution in [3.05, 3.63) is 0 Å². The third-order valence-corrected chi connectivity index (χ3v) is 3.60. The van der Waals surface area contributed by atoms with Gasteiger partial charge >= 0.3 is 0 Å². The third-order valence-electron chi connectivity index (χ3n) is 3.60. The molecule has 0 spiro atoms. The van der Waals surface area contributed by atoms with Crippen LogP contribution in [0.4, 0.5) is 0 Å². The summed E-state index contributed by atoms with van der Waals surface area (Å²) < 4.78 is 0. The van der Waals surface area contributed by atoms with Gasteiger partial charge in [0, 0.05) is 19.0 Å². The zero-order chi connectivity index (χ0) is 10.3. The molecule has 4 atom stereocenters. The summed E-state index contributed by atoms with van der Waals surface area (Å²) in [5, 5.41) is 9.55. The minimum absolute atomic E-state index is 0.212. The smallest absolute Gasteiger partial charge is 0.225 e. The summed E-state index contributed by atoms with van der Waals surface area (Å²) in [4.78, 5) is 13.8. The number of piperidine rings is 1. The topological polar surface area (TPSA) is 40.5 Å². The van der Waals surface area contributed by atoms with Crippen molar-refractivity contribution in [1.29, 1.82) is 0 Å². The quantitative estimate of drug-likeness (QED) is 0.677. The molecule has 1 aliphatic heterocycles. The van der Waals surface area contributed by atoms with Gasteiger partial charge in [-0.3, -0.25) is 4.79 Å². The van der Waals surface area contributed by atoms with Gasteiger partial charge < -0.3 is 10.0 Å². The average Bonchev–Trinajstić information content (AvgIpc) is 2.86. The zero-order valence-electron chi connectivity index (χ0n) is 8.94. The van der Waals surface area contributed by atoms with Crippen LogP contribution in [0.1, 0.15) is 26.7 Å². The van der Waals surface area contributed by atoms with Gasteiger partial charge in [-0.15, -0.1) is 0 Å². The number of nitrogens with zero attached hydrogens (tertiary/aromatic N) is 1. The van der Waals surface area contributed by atoms with Crippen LogP contribution >= 0.6 is 0 Å². The molecule has 14 heavy (non-hydrogen) atoms. The van der Waals surface area contributed by atoms with E-state index in [1.165, 1.54) is 0 Å². The molecule has 0 radical (unpaired) electrons. The monoisotopic (exact) mass is 197 g/mol. The molecule has 80 valence electrons. The van der Waals surface area contributed by atoms with Crippen molar-refractivity contribution in [1.82, 2.24) is 4.90 Å². The lowest BCUT2D eigenvalue weighted by Gasteiger charge is -2.34. The molecule has 1 amide bonds. The molecule has 2 rings (SSSR count). The van der Waals surface area contributed by atoms with Crippen LogP contribution in [0.5, 0.6) is 0 Å². The Kier molecular flexibility index (Phi) is 2.52. The van der Waals surface area contributed by atoms with E-state index in [4.69, 9.17) is 0 Å². The highest BCUT2D eigenvalue weighted by atomic mass is 16.3. The molecule has 0 aromatic carbocycles. The molecule has 2 aliphatic rings. The fraction of sp³-hybridized carbons (Fsp3) is 0.909. The van der Waals surface area contributed by atoms with Crippen molar-refractivity contribution in [3.63, 3.8) is 0 Å². The van der Waals surface area contributed by atoms with Gasteiger partial charge in [-0.1, -0.05) is 13.8 Å². The largest absolute Gasteiger partial charge is 0.393 e. The lowest BCUT2D eigenvalue weighted by Crippen LogP contribution is -2.45. The van der Waals surface area contributed by atoms with E-state index in [-0.39, 0.29) is 17.9 Å². The minimum atomic E-state index is -0.212. The molecule has 3 nitrogen and oxygen atoms in total. The van der Waals surface area contributed by atoms with Gasteiger partial charge in [0.15, 0.2) is 0 Å². The SMILES string of the molecule is CC1CN(C(=O)C2CC2C)CCC1O. The number of aliphatic hydroxyl groups excluding tert-OH is 1. The number of likely N-dealkylation sites (tertiary alicyclic amines) is 1. The van der Waals surface area contributed by atoms with Crippen LogP contribution in [0.25, 0.3) is 0 Å². The van der Waals surface area contributed by atoms with Crippen LogP contribution < -0.4 is 0 Å². The maximum absolute atomic E-state index is 11.9. The second-order valence-corrected chi connectivity index (χ2v) is 4.94. The molecule has 1 N–H and O–H groups in total. The van der Waals surface area contributed by atoms with Crippen molar-refractivity contribution in [2.45, 2.75) is 32.8 Å². The van der Waals surface area contributed by atoms with Crippen LogP contribution in [0.3, 0.4) is 0 Å². The van der Waals surface area contributed by atoms with Gasteiger partial charge in [0.05, 0.1) is 6.10 Å². The maximum atomic E-state index is 11.9. The van der Waals surface area contributed by atoms with Gasteiger partial charge in [0.1, 0.15) is 0 Å². The van der Waals surface area contributed by atoms with Gasteiger partial charge in [0.2, 0.25) is 5.91 Å². The summed E-state index contributed by atoms with van der Waals surface area (Å²) in [6.45, 7) is 5.63. The standard InChI is InChI=1S/C11H19NO2/c1-7-5-9(7)11(14)12-4-3-10(13)8(2)6-12/h7-10,13H,3-6H2,1-2H3. The first-order valence-electron chi connectivity index (χ1n) is 5.56. The first-order chi connectivity index (χ1) is 6.59. The summed E-state index contributed by atoms with van der Waals surface area (Å²) in [5.41, 5.74) is 0. The lowest BCUT2D eigenvalue weighted by atomic mass is 9.96. The third kappa shape index (κ3) is 1.78. The number of carbonyl (C=O) groups is 1. The predicted octanol–water partition coefficient (Wildman–Crippen LogP) is 0.872. The van der Waals surface area contributed by atoms with Gasteiger partial charge in [0.25, 0.3) is 0 Å². The summed E-state index contributed by atoms with van der Waals surface area (Å²) >= 11 is 0. The minimum Gasteiger partial charge on any atom is -0.393 e. The van der Waals surface area contributed by atoms with E-state index in [0.29, 0.717) is 11.8 Å². The molecule has 0 bridgehead atoms. The van der Waals surface area contributed by atoms with Crippen LogP contribution in [-0.2, 0) is 4.79 Å². The average molecular weight is 197 g/mol. The summed E-state index contributed by atoms with van der Waals surface area (Å²) in [5.74, 6) is 1.43. The molecule has 2 fully saturated rings. The van der Waals surface area contributed by atoms with Gasteiger partial charge in [-0.2, -0.15) is 0 Å². The Bertz CT molecular complexity index is 241. The van der Waals surface area contributed by atoms with E-state index >= 15 is 0 Å². The lowest BCUT2D eigenvalue weighted by molar-refractivity contribution is -0.136. The summed E-state index contributed by atoms with van der Waals surface area (Å²) in [6.07, 6.45) is 1.59. The second kappa shape index (κ2) is 3.54. The van der Waals surface area contributed by atoms with E-state index in [1.54, 1.807) is 0 Å². The zero-order valence-corrected chi connectivity index (χ0v) is 8.94. The molecule has 0 aromatic rings. The van der Waals surface area contributed by atoms with Crippen LogP contribution in [0.15, 0.2) is 0 Å². The van der Waals surface area contributed by atoms with E-state index in [0.717, 1.165) is 25.9 Å². The number of hydrogen-bond acceptors (Lipinski definition) is 2. The van der Waals surface area contributed by atoms with E-state index in [9.17, 15) is 9.90 Å². The Morgan fingerprint density at radius 3 is 2.50 bits per heavy atom. The highest BCUT2D eigenvalue weighted by Gasteiger charge is 2.42. The first kappa shape index (κ1) is 9.97. The number of hydrogen-bond donors (Lipinski definition) is 1. The Morgan fingerprint density at radius 1 is 1.36 bits per heavy atom. The second-order valence-electron chi connectivity index (χ2n) is 4.94. The molecule has 1 saturated carbocycles. The van der Waals surface area contributed by atoms with Crippen LogP contribution in [0, 0.1) is 17.8 Å². The number of rotatable bonds is 1. The van der Waals surface area contributed by atoms with Crippen molar-refractivity contribution >= 4 is 5.91 Å². The highest BCUT2D eigenvalue weighted by molar-refractivity contribution is 5.81. The predicted molar refractivity (Wildman–Crippen MR) is 53.6 cm³/mol. The van der Waals surface area contributed by atoms with Crippen LogP contribution in [-0.4, -0.2) is 35.1 Å². The van der Waals surface area contributed by atoms with Crippen molar-refractivity contribution < 1.29 is 9.90 Å². The summed E-state index contributed by atoms with van der Waals surface area (Å²) in [6, 6.07) is 0.